The molecular formula is C26H29N3O5S. The van der Waals surface area contributed by atoms with Gasteiger partial charge in [-0.25, -0.2) is 8.42 Å². The van der Waals surface area contributed by atoms with Crippen LogP contribution < -0.4 is 10.6 Å². The molecule has 8 nitrogen and oxygen atoms in total. The average molecular weight is 496 g/mol. The normalized spacial score (nSPS) is 17.5. The number of amides is 2. The minimum atomic E-state index is -3.59. The summed E-state index contributed by atoms with van der Waals surface area (Å²) in [6.07, 6.45) is 3.54. The lowest BCUT2D eigenvalue weighted by Crippen LogP contribution is -2.45. The van der Waals surface area contributed by atoms with Crippen LogP contribution in [0.2, 0.25) is 0 Å². The van der Waals surface area contributed by atoms with Gasteiger partial charge < -0.3 is 15.1 Å². The van der Waals surface area contributed by atoms with Crippen molar-refractivity contribution in [1.82, 2.24) is 9.62 Å². The van der Waals surface area contributed by atoms with Crippen molar-refractivity contribution in [3.05, 3.63) is 84.3 Å². The molecule has 4 rings (SSSR count). The Bertz CT molecular complexity index is 1240. The first-order valence-corrected chi connectivity index (χ1v) is 13.1. The van der Waals surface area contributed by atoms with Crippen molar-refractivity contribution >= 4 is 27.5 Å². The highest BCUT2D eigenvalue weighted by Gasteiger charge is 2.29. The van der Waals surface area contributed by atoms with Crippen LogP contribution >= 0.6 is 0 Å². The number of hydrogen-bond donors (Lipinski definition) is 2. The number of nitrogens with zero attached hydrogens (tertiary/aromatic N) is 1. The van der Waals surface area contributed by atoms with E-state index in [-0.39, 0.29) is 17.1 Å². The van der Waals surface area contributed by atoms with Crippen molar-refractivity contribution in [2.45, 2.75) is 37.1 Å². The van der Waals surface area contributed by atoms with E-state index in [1.807, 2.05) is 30.3 Å². The van der Waals surface area contributed by atoms with Crippen molar-refractivity contribution in [2.75, 3.05) is 18.4 Å². The van der Waals surface area contributed by atoms with Gasteiger partial charge in [-0.15, -0.1) is 0 Å². The number of furan rings is 1. The Morgan fingerprint density at radius 2 is 1.80 bits per heavy atom. The lowest BCUT2D eigenvalue weighted by atomic mass is 10.0. The summed E-state index contributed by atoms with van der Waals surface area (Å²) < 4.78 is 32.7. The number of carbonyl (C=O) groups excluding carboxylic acids is 2. The van der Waals surface area contributed by atoms with Crippen molar-refractivity contribution in [1.29, 1.82) is 0 Å². The Labute approximate surface area is 205 Å². The molecule has 2 N–H and O–H groups in total. The molecule has 35 heavy (non-hydrogen) atoms. The van der Waals surface area contributed by atoms with E-state index >= 15 is 0 Å². The smallest absolute Gasteiger partial charge is 0.287 e. The van der Waals surface area contributed by atoms with Crippen molar-refractivity contribution in [3.8, 4) is 0 Å². The van der Waals surface area contributed by atoms with E-state index < -0.39 is 27.9 Å². The Kier molecular flexibility index (Phi) is 7.67. The molecule has 2 atom stereocenters. The monoisotopic (exact) mass is 495 g/mol. The van der Waals surface area contributed by atoms with Crippen LogP contribution in [0.1, 0.15) is 35.9 Å². The zero-order valence-corrected chi connectivity index (χ0v) is 20.3. The summed E-state index contributed by atoms with van der Waals surface area (Å²) in [5.74, 6) is -0.482. The summed E-state index contributed by atoms with van der Waals surface area (Å²) in [6, 6.07) is 17.7. The van der Waals surface area contributed by atoms with Gasteiger partial charge in [-0.3, -0.25) is 9.59 Å². The number of carbonyl (C=O) groups is 2. The lowest BCUT2D eigenvalue weighted by molar-refractivity contribution is -0.118. The van der Waals surface area contributed by atoms with Gasteiger partial charge in [-0.2, -0.15) is 4.31 Å². The van der Waals surface area contributed by atoms with Crippen LogP contribution in [0.25, 0.3) is 0 Å². The standard InChI is InChI=1S/C26H29N3O5S/c1-19-7-5-15-29(18-19)35(32,33)22-13-11-21(12-14-22)27-25(30)23(17-20-8-3-2-4-9-20)28-26(31)24-10-6-16-34-24/h2-4,6,8-14,16,19,23H,5,7,15,17-18H2,1H3,(H,27,30)(H,28,31)/t19-,23-/m0/s1. The van der Waals surface area contributed by atoms with Gasteiger partial charge in [0.05, 0.1) is 11.2 Å². The average Bonchev–Trinajstić information content (AvgIpc) is 3.40. The highest BCUT2D eigenvalue weighted by molar-refractivity contribution is 7.89. The van der Waals surface area contributed by atoms with E-state index in [1.165, 1.54) is 28.8 Å². The summed E-state index contributed by atoms with van der Waals surface area (Å²) in [7, 11) is -3.59. The number of hydrogen-bond acceptors (Lipinski definition) is 5. The molecule has 2 amide bonds. The molecule has 0 radical (unpaired) electrons. The maximum Gasteiger partial charge on any atom is 0.287 e. The molecule has 1 aliphatic heterocycles. The lowest BCUT2D eigenvalue weighted by Gasteiger charge is -2.30. The van der Waals surface area contributed by atoms with Crippen molar-refractivity contribution in [3.63, 3.8) is 0 Å². The summed E-state index contributed by atoms with van der Waals surface area (Å²) in [5, 5.41) is 5.51. The van der Waals surface area contributed by atoms with Gasteiger partial charge in [0.1, 0.15) is 6.04 Å². The fourth-order valence-corrected chi connectivity index (χ4v) is 5.75. The molecule has 0 aliphatic carbocycles. The number of piperidine rings is 1. The van der Waals surface area contributed by atoms with Gasteiger partial charge in [0.25, 0.3) is 5.91 Å². The van der Waals surface area contributed by atoms with Gasteiger partial charge >= 0.3 is 0 Å². The molecule has 2 aromatic carbocycles. The summed E-state index contributed by atoms with van der Waals surface area (Å²) in [6.45, 7) is 3.08. The SMILES string of the molecule is C[C@H]1CCCN(S(=O)(=O)c2ccc(NC(=O)[C@H](Cc3ccccc3)NC(=O)c3ccco3)cc2)C1. The third kappa shape index (κ3) is 6.17. The molecule has 1 saturated heterocycles. The summed E-state index contributed by atoms with van der Waals surface area (Å²) >= 11 is 0. The van der Waals surface area contributed by atoms with Gasteiger partial charge in [-0.1, -0.05) is 37.3 Å². The van der Waals surface area contributed by atoms with Crippen LogP contribution in [0.15, 0.2) is 82.3 Å². The van der Waals surface area contributed by atoms with Crippen LogP contribution in [-0.4, -0.2) is 43.7 Å². The van der Waals surface area contributed by atoms with Crippen molar-refractivity contribution < 1.29 is 22.4 Å². The Balaban J connectivity index is 1.47. The van der Waals surface area contributed by atoms with E-state index in [9.17, 15) is 18.0 Å². The van der Waals surface area contributed by atoms with E-state index in [0.29, 0.717) is 24.7 Å². The molecule has 184 valence electrons. The zero-order valence-electron chi connectivity index (χ0n) is 19.5. The molecule has 1 fully saturated rings. The first-order valence-electron chi connectivity index (χ1n) is 11.6. The number of anilines is 1. The number of nitrogens with one attached hydrogen (secondary N) is 2. The van der Waals surface area contributed by atoms with Gasteiger partial charge in [-0.05, 0) is 60.7 Å². The quantitative estimate of drug-likeness (QED) is 0.496. The fraction of sp³-hybridized carbons (Fsp3) is 0.308. The van der Waals surface area contributed by atoms with E-state index in [4.69, 9.17) is 4.42 Å². The van der Waals surface area contributed by atoms with Gasteiger partial charge in [0.15, 0.2) is 5.76 Å². The number of benzene rings is 2. The fourth-order valence-electron chi connectivity index (χ4n) is 4.15. The molecule has 1 aromatic heterocycles. The molecule has 9 heteroatoms. The first kappa shape index (κ1) is 24.7. The third-order valence-electron chi connectivity index (χ3n) is 6.03. The molecule has 0 bridgehead atoms. The third-order valence-corrected chi connectivity index (χ3v) is 7.91. The largest absolute Gasteiger partial charge is 0.459 e. The predicted molar refractivity (Wildman–Crippen MR) is 132 cm³/mol. The minimum absolute atomic E-state index is 0.109. The van der Waals surface area contributed by atoms with Gasteiger partial charge in [0, 0.05) is 25.2 Å². The topological polar surface area (TPSA) is 109 Å². The Morgan fingerprint density at radius 3 is 2.46 bits per heavy atom. The van der Waals surface area contributed by atoms with E-state index in [0.717, 1.165) is 18.4 Å². The second-order valence-corrected chi connectivity index (χ2v) is 10.8. The molecular weight excluding hydrogens is 466 g/mol. The van der Waals surface area contributed by atoms with Crippen LogP contribution in [0.3, 0.4) is 0 Å². The molecule has 0 unspecified atom stereocenters. The van der Waals surface area contributed by atoms with Crippen LogP contribution in [0.4, 0.5) is 5.69 Å². The Morgan fingerprint density at radius 1 is 1.06 bits per heavy atom. The Hall–Kier alpha value is -3.43. The van der Waals surface area contributed by atoms with Crippen LogP contribution in [0.5, 0.6) is 0 Å². The predicted octanol–water partition coefficient (Wildman–Crippen LogP) is 3.68. The summed E-state index contributed by atoms with van der Waals surface area (Å²) in [5.41, 5.74) is 1.32. The number of rotatable bonds is 8. The second-order valence-electron chi connectivity index (χ2n) is 8.82. The minimum Gasteiger partial charge on any atom is -0.459 e. The number of sulfonamides is 1. The molecule has 0 spiro atoms. The summed E-state index contributed by atoms with van der Waals surface area (Å²) in [4.78, 5) is 25.8. The molecule has 1 aliphatic rings. The first-order chi connectivity index (χ1) is 16.8. The zero-order chi connectivity index (χ0) is 24.8. The van der Waals surface area contributed by atoms with E-state index in [2.05, 4.69) is 17.6 Å². The highest BCUT2D eigenvalue weighted by atomic mass is 32.2. The second kappa shape index (κ2) is 10.9. The van der Waals surface area contributed by atoms with E-state index in [1.54, 1.807) is 18.2 Å². The molecule has 0 saturated carbocycles. The van der Waals surface area contributed by atoms with Gasteiger partial charge in [0.2, 0.25) is 15.9 Å². The molecule has 3 aromatic rings. The maximum atomic E-state index is 13.1. The maximum absolute atomic E-state index is 13.1. The molecule has 2 heterocycles. The van der Waals surface area contributed by atoms with Crippen LogP contribution in [-0.2, 0) is 21.2 Å². The van der Waals surface area contributed by atoms with Crippen molar-refractivity contribution in [2.24, 2.45) is 5.92 Å². The highest BCUT2D eigenvalue weighted by Crippen LogP contribution is 2.24. The van der Waals surface area contributed by atoms with Crippen LogP contribution in [0, 0.1) is 5.92 Å².